The molecular weight excluding hydrogens is 493 g/mol. The van der Waals surface area contributed by atoms with Crippen molar-refractivity contribution in [1.29, 1.82) is 0 Å². The van der Waals surface area contributed by atoms with Crippen LogP contribution in [-0.2, 0) is 6.54 Å². The first-order valence-corrected chi connectivity index (χ1v) is 10.2. The molecule has 8 heteroatoms. The summed E-state index contributed by atoms with van der Waals surface area (Å²) in [6.07, 6.45) is 3.79. The van der Waals surface area contributed by atoms with E-state index < -0.39 is 0 Å². The number of ether oxygens (including phenoxy) is 1. The molecule has 0 radical (unpaired) electrons. The minimum Gasteiger partial charge on any atom is -0.497 e. The molecule has 0 spiro atoms. The number of hydrogen-bond donors (Lipinski definition) is 1. The van der Waals surface area contributed by atoms with Gasteiger partial charge in [0.05, 0.1) is 7.11 Å². The fraction of sp³-hybridized carbons (Fsp3) is 0.455. The summed E-state index contributed by atoms with van der Waals surface area (Å²) in [5.74, 6) is 1.84. The average Bonchev–Trinajstić information content (AvgIpc) is 2.77. The van der Waals surface area contributed by atoms with Gasteiger partial charge in [-0.2, -0.15) is 0 Å². The second-order valence-corrected chi connectivity index (χ2v) is 7.09. The number of unbranched alkanes of at least 4 members (excludes halogenated alkanes) is 1. The van der Waals surface area contributed by atoms with Crippen molar-refractivity contribution in [2.45, 2.75) is 19.4 Å². The molecule has 0 unspecified atom stereocenters. The number of nitrogens with one attached hydrogen (secondary N) is 1. The summed E-state index contributed by atoms with van der Waals surface area (Å²) < 4.78 is 7.09. The van der Waals surface area contributed by atoms with Crippen molar-refractivity contribution in [2.75, 3.05) is 51.8 Å². The Balaban J connectivity index is 0.00000320. The lowest BCUT2D eigenvalue weighted by atomic mass is 10.2. The summed E-state index contributed by atoms with van der Waals surface area (Å²) in [5, 5.41) is 3.46. The number of hydrogen-bond acceptors (Lipinski definition) is 4. The number of halogens is 1. The third-order valence-electron chi connectivity index (χ3n) is 5.22. The van der Waals surface area contributed by atoms with Crippen molar-refractivity contribution in [1.82, 2.24) is 14.8 Å². The van der Waals surface area contributed by atoms with Gasteiger partial charge in [-0.15, -0.1) is 24.0 Å². The molecule has 1 aromatic heterocycles. The molecule has 1 aromatic carbocycles. The van der Waals surface area contributed by atoms with Crippen molar-refractivity contribution in [2.24, 2.45) is 4.99 Å². The van der Waals surface area contributed by atoms with E-state index in [9.17, 15) is 4.79 Å². The van der Waals surface area contributed by atoms with Crippen LogP contribution in [0.3, 0.4) is 0 Å². The van der Waals surface area contributed by atoms with Crippen molar-refractivity contribution in [3.05, 3.63) is 59.0 Å². The van der Waals surface area contributed by atoms with Crippen LogP contribution in [0.15, 0.2) is 58.4 Å². The van der Waals surface area contributed by atoms with E-state index in [1.807, 2.05) is 31.4 Å². The number of aromatic nitrogens is 1. The molecule has 1 fully saturated rings. The van der Waals surface area contributed by atoms with Crippen LogP contribution in [0.25, 0.3) is 0 Å². The molecule has 2 aromatic rings. The van der Waals surface area contributed by atoms with E-state index in [-0.39, 0.29) is 29.5 Å². The molecule has 1 aliphatic heterocycles. The number of methoxy groups -OCH3 is 1. The normalized spacial score (nSPS) is 14.3. The smallest absolute Gasteiger partial charge is 0.250 e. The van der Waals surface area contributed by atoms with Crippen LogP contribution >= 0.6 is 24.0 Å². The zero-order valence-electron chi connectivity index (χ0n) is 17.8. The Labute approximate surface area is 195 Å². The molecule has 30 heavy (non-hydrogen) atoms. The maximum Gasteiger partial charge on any atom is 0.250 e. The highest BCUT2D eigenvalue weighted by Gasteiger charge is 2.19. The maximum atomic E-state index is 11.7. The second kappa shape index (κ2) is 12.5. The van der Waals surface area contributed by atoms with E-state index in [0.29, 0.717) is 0 Å². The van der Waals surface area contributed by atoms with Crippen LogP contribution < -0.4 is 20.5 Å². The van der Waals surface area contributed by atoms with Gasteiger partial charge in [0.2, 0.25) is 5.56 Å². The third-order valence-corrected chi connectivity index (χ3v) is 5.22. The molecule has 1 aliphatic rings. The number of aliphatic imine (C=N–C) groups is 1. The number of guanidine groups is 1. The molecular formula is C22H32IN5O2. The number of anilines is 1. The SMILES string of the molecule is CN=C(NCCCCn1ccccc1=O)N1CCN(c2cccc(OC)c2)CC1.I. The molecule has 0 aliphatic carbocycles. The number of rotatable bonds is 7. The van der Waals surface area contributed by atoms with Gasteiger partial charge in [0.1, 0.15) is 5.75 Å². The highest BCUT2D eigenvalue weighted by atomic mass is 127. The minimum absolute atomic E-state index is 0. The Kier molecular flexibility index (Phi) is 9.99. The first-order chi connectivity index (χ1) is 14.2. The van der Waals surface area contributed by atoms with Crippen molar-refractivity contribution in [3.63, 3.8) is 0 Å². The Bertz CT molecular complexity index is 862. The summed E-state index contributed by atoms with van der Waals surface area (Å²) in [4.78, 5) is 20.8. The van der Waals surface area contributed by atoms with Gasteiger partial charge in [0.25, 0.3) is 0 Å². The first kappa shape index (κ1) is 24.0. The van der Waals surface area contributed by atoms with E-state index in [2.05, 4.69) is 32.2 Å². The molecule has 7 nitrogen and oxygen atoms in total. The first-order valence-electron chi connectivity index (χ1n) is 10.2. The number of nitrogens with zero attached hydrogens (tertiary/aromatic N) is 4. The standard InChI is InChI=1S/C22H31N5O2.HI/c1-23-22(24-11-4-6-13-26-12-5-3-10-21(26)28)27-16-14-25(15-17-27)19-8-7-9-20(18-19)29-2;/h3,5,7-10,12,18H,4,6,11,13-17H2,1-2H3,(H,23,24);1H. The lowest BCUT2D eigenvalue weighted by Crippen LogP contribution is -2.52. The van der Waals surface area contributed by atoms with E-state index in [0.717, 1.165) is 63.8 Å². The lowest BCUT2D eigenvalue weighted by molar-refractivity contribution is 0.371. The van der Waals surface area contributed by atoms with Crippen LogP contribution in [0.5, 0.6) is 5.75 Å². The Morgan fingerprint density at radius 2 is 1.90 bits per heavy atom. The summed E-state index contributed by atoms with van der Waals surface area (Å²) >= 11 is 0. The van der Waals surface area contributed by atoms with E-state index >= 15 is 0 Å². The monoisotopic (exact) mass is 525 g/mol. The molecule has 0 bridgehead atoms. The van der Waals surface area contributed by atoms with Gasteiger partial charge in [-0.05, 0) is 31.0 Å². The zero-order chi connectivity index (χ0) is 20.5. The van der Waals surface area contributed by atoms with Crippen molar-refractivity contribution in [3.8, 4) is 5.75 Å². The number of benzene rings is 1. The Morgan fingerprint density at radius 1 is 1.10 bits per heavy atom. The van der Waals surface area contributed by atoms with Crippen LogP contribution in [0.1, 0.15) is 12.8 Å². The van der Waals surface area contributed by atoms with Gasteiger partial charge in [-0.3, -0.25) is 9.79 Å². The van der Waals surface area contributed by atoms with E-state index in [1.165, 1.54) is 5.69 Å². The van der Waals surface area contributed by atoms with Crippen molar-refractivity contribution < 1.29 is 4.74 Å². The van der Waals surface area contributed by atoms with Gasteiger partial charge >= 0.3 is 0 Å². The molecule has 0 atom stereocenters. The third kappa shape index (κ3) is 6.65. The molecule has 164 valence electrons. The summed E-state index contributed by atoms with van der Waals surface area (Å²) in [6, 6.07) is 13.5. The van der Waals surface area contributed by atoms with Gasteiger partial charge in [0, 0.05) is 70.3 Å². The molecule has 3 rings (SSSR count). The van der Waals surface area contributed by atoms with Gasteiger partial charge in [-0.25, -0.2) is 0 Å². The fourth-order valence-corrected chi connectivity index (χ4v) is 3.57. The zero-order valence-corrected chi connectivity index (χ0v) is 20.1. The highest BCUT2D eigenvalue weighted by Crippen LogP contribution is 2.22. The minimum atomic E-state index is 0. The quantitative estimate of drug-likeness (QED) is 0.261. The van der Waals surface area contributed by atoms with E-state index in [1.54, 1.807) is 23.8 Å². The molecule has 1 saturated heterocycles. The van der Waals surface area contributed by atoms with Crippen LogP contribution in [0, 0.1) is 0 Å². The predicted molar refractivity (Wildman–Crippen MR) is 133 cm³/mol. The number of piperazine rings is 1. The predicted octanol–water partition coefficient (Wildman–Crippen LogP) is 2.65. The van der Waals surface area contributed by atoms with Crippen LogP contribution in [0.4, 0.5) is 5.69 Å². The number of pyridine rings is 1. The summed E-state index contributed by atoms with van der Waals surface area (Å²) in [5.41, 5.74) is 1.26. The van der Waals surface area contributed by atoms with Gasteiger partial charge < -0.3 is 24.4 Å². The van der Waals surface area contributed by atoms with Crippen molar-refractivity contribution >= 4 is 35.6 Å². The molecule has 2 heterocycles. The van der Waals surface area contributed by atoms with Gasteiger partial charge in [0.15, 0.2) is 5.96 Å². The Hall–Kier alpha value is -2.23. The largest absolute Gasteiger partial charge is 0.497 e. The topological polar surface area (TPSA) is 62.1 Å². The maximum absolute atomic E-state index is 11.7. The molecule has 0 amide bonds. The second-order valence-electron chi connectivity index (χ2n) is 7.09. The lowest BCUT2D eigenvalue weighted by Gasteiger charge is -2.37. The average molecular weight is 525 g/mol. The highest BCUT2D eigenvalue weighted by molar-refractivity contribution is 14.0. The van der Waals surface area contributed by atoms with Crippen LogP contribution in [0.2, 0.25) is 0 Å². The molecule has 1 N–H and O–H groups in total. The number of aryl methyl sites for hydroxylation is 1. The summed E-state index contributed by atoms with van der Waals surface area (Å²) in [7, 11) is 3.53. The Morgan fingerprint density at radius 3 is 2.60 bits per heavy atom. The fourth-order valence-electron chi connectivity index (χ4n) is 3.57. The molecule has 0 saturated carbocycles. The summed E-state index contributed by atoms with van der Waals surface area (Å²) in [6.45, 7) is 5.35. The van der Waals surface area contributed by atoms with E-state index in [4.69, 9.17) is 4.74 Å². The van der Waals surface area contributed by atoms with Gasteiger partial charge in [-0.1, -0.05) is 12.1 Å². The van der Waals surface area contributed by atoms with Crippen LogP contribution in [-0.4, -0.2) is 62.3 Å².